The quantitative estimate of drug-likeness (QED) is 0.467. The second kappa shape index (κ2) is 8.35. The van der Waals surface area contributed by atoms with E-state index in [0.29, 0.717) is 17.6 Å². The highest BCUT2D eigenvalue weighted by Gasteiger charge is 2.17. The molecule has 0 aliphatic carbocycles. The predicted octanol–water partition coefficient (Wildman–Crippen LogP) is 4.15. The Hall–Kier alpha value is -3.86. The Bertz CT molecular complexity index is 1350. The van der Waals surface area contributed by atoms with Crippen LogP contribution in [0.3, 0.4) is 0 Å². The molecule has 164 valence electrons. The van der Waals surface area contributed by atoms with E-state index < -0.39 is 26.6 Å². The zero-order valence-corrected chi connectivity index (χ0v) is 17.8. The van der Waals surface area contributed by atoms with Gasteiger partial charge in [0.25, 0.3) is 10.0 Å². The molecular formula is C21H17F2N5O3S. The number of nitrogens with zero attached hydrogens (tertiary/aromatic N) is 4. The van der Waals surface area contributed by atoms with E-state index in [4.69, 9.17) is 4.74 Å². The summed E-state index contributed by atoms with van der Waals surface area (Å²) in [7, 11) is -4.16. The maximum Gasteiger partial charge on any atom is 0.262 e. The van der Waals surface area contributed by atoms with Crippen LogP contribution in [0.15, 0.2) is 65.6 Å². The molecule has 0 unspecified atom stereocenters. The van der Waals surface area contributed by atoms with Crippen molar-refractivity contribution in [1.82, 2.24) is 20.0 Å². The van der Waals surface area contributed by atoms with Gasteiger partial charge in [0.2, 0.25) is 5.88 Å². The van der Waals surface area contributed by atoms with E-state index >= 15 is 0 Å². The summed E-state index contributed by atoms with van der Waals surface area (Å²) < 4.78 is 60.9. The lowest BCUT2D eigenvalue weighted by atomic mass is 10.3. The molecule has 0 radical (unpaired) electrons. The lowest BCUT2D eigenvalue weighted by molar-refractivity contribution is 0.454. The predicted molar refractivity (Wildman–Crippen MR) is 112 cm³/mol. The minimum Gasteiger partial charge on any atom is -0.438 e. The molecule has 4 rings (SSSR count). The summed E-state index contributed by atoms with van der Waals surface area (Å²) in [6, 6.07) is 13.2. The molecule has 2 aromatic heterocycles. The highest BCUT2D eigenvalue weighted by atomic mass is 32.2. The Morgan fingerprint density at radius 3 is 2.16 bits per heavy atom. The first-order chi connectivity index (χ1) is 15.2. The first-order valence-electron chi connectivity index (χ1n) is 9.34. The molecule has 0 saturated heterocycles. The van der Waals surface area contributed by atoms with Gasteiger partial charge in [0.15, 0.2) is 5.82 Å². The number of aryl methyl sites for hydroxylation is 2. The van der Waals surface area contributed by atoms with Crippen LogP contribution in [-0.2, 0) is 10.0 Å². The number of halogens is 2. The average Bonchev–Trinajstić information content (AvgIpc) is 3.07. The second-order valence-electron chi connectivity index (χ2n) is 6.91. The molecule has 0 aliphatic rings. The van der Waals surface area contributed by atoms with Gasteiger partial charge in [-0.05, 0) is 62.4 Å². The van der Waals surface area contributed by atoms with Crippen LogP contribution >= 0.6 is 0 Å². The third-order valence-electron chi connectivity index (χ3n) is 4.33. The van der Waals surface area contributed by atoms with Gasteiger partial charge in [-0.1, -0.05) is 0 Å². The molecule has 0 aliphatic heterocycles. The second-order valence-corrected chi connectivity index (χ2v) is 8.59. The molecule has 32 heavy (non-hydrogen) atoms. The maximum absolute atomic E-state index is 13.3. The molecule has 11 heteroatoms. The summed E-state index contributed by atoms with van der Waals surface area (Å²) >= 11 is 0. The molecule has 0 bridgehead atoms. The molecule has 2 heterocycles. The number of nitrogens with one attached hydrogen (secondary N) is 1. The van der Waals surface area contributed by atoms with E-state index in [0.717, 1.165) is 23.5 Å². The Balaban J connectivity index is 1.45. The fourth-order valence-corrected chi connectivity index (χ4v) is 4.05. The number of ether oxygens (including phenoxy) is 1. The fourth-order valence-electron chi connectivity index (χ4n) is 2.95. The monoisotopic (exact) mass is 457 g/mol. The van der Waals surface area contributed by atoms with Crippen LogP contribution < -0.4 is 9.46 Å². The van der Waals surface area contributed by atoms with Crippen molar-refractivity contribution in [3.63, 3.8) is 0 Å². The van der Waals surface area contributed by atoms with E-state index in [9.17, 15) is 17.2 Å². The first kappa shape index (κ1) is 21.4. The summed E-state index contributed by atoms with van der Waals surface area (Å²) in [4.78, 5) is -0.520. The normalized spacial score (nSPS) is 11.4. The van der Waals surface area contributed by atoms with Gasteiger partial charge < -0.3 is 4.74 Å². The van der Waals surface area contributed by atoms with Gasteiger partial charge in [0.1, 0.15) is 17.4 Å². The minimum atomic E-state index is -4.16. The average molecular weight is 457 g/mol. The Morgan fingerprint density at radius 1 is 0.906 bits per heavy atom. The molecule has 0 fully saturated rings. The zero-order valence-electron chi connectivity index (χ0n) is 17.0. The summed E-state index contributed by atoms with van der Waals surface area (Å²) in [6.45, 7) is 3.79. The van der Waals surface area contributed by atoms with Gasteiger partial charge in [-0.25, -0.2) is 21.9 Å². The number of sulfonamides is 1. The van der Waals surface area contributed by atoms with E-state index in [2.05, 4.69) is 20.0 Å². The number of hydrogen-bond donors (Lipinski definition) is 1. The third kappa shape index (κ3) is 4.72. The summed E-state index contributed by atoms with van der Waals surface area (Å²) in [5.41, 5.74) is 1.97. The van der Waals surface area contributed by atoms with Gasteiger partial charge in [-0.3, -0.25) is 4.72 Å². The largest absolute Gasteiger partial charge is 0.438 e. The number of benzene rings is 2. The van der Waals surface area contributed by atoms with Gasteiger partial charge in [0, 0.05) is 23.5 Å². The molecular weight excluding hydrogens is 440 g/mol. The molecule has 4 aromatic rings. The summed E-state index contributed by atoms with van der Waals surface area (Å²) in [5.74, 6) is -0.809. The Kier molecular flexibility index (Phi) is 5.57. The van der Waals surface area contributed by atoms with Gasteiger partial charge >= 0.3 is 0 Å². The topological polar surface area (TPSA) is 99.0 Å². The van der Waals surface area contributed by atoms with Gasteiger partial charge in [-0.15, -0.1) is 10.2 Å². The minimum absolute atomic E-state index is 0.188. The van der Waals surface area contributed by atoms with Gasteiger partial charge in [0.05, 0.1) is 10.6 Å². The van der Waals surface area contributed by atoms with Crippen LogP contribution in [0.5, 0.6) is 11.6 Å². The van der Waals surface area contributed by atoms with Crippen molar-refractivity contribution >= 4 is 15.7 Å². The fraction of sp³-hybridized carbons (Fsp3) is 0.0952. The van der Waals surface area contributed by atoms with Crippen molar-refractivity contribution in [2.24, 2.45) is 0 Å². The standard InChI is InChI=1S/C21H17F2N5O3S/c1-13-9-14(2)28(26-13)20-7-8-21(25-24-20)31-18-5-3-17(4-6-18)27-32(29,30)19-11-15(22)10-16(23)12-19/h3-12,27H,1-2H3. The SMILES string of the molecule is Cc1cc(C)n(-c2ccc(Oc3ccc(NS(=O)(=O)c4cc(F)cc(F)c4)cc3)nn2)n1. The van der Waals surface area contributed by atoms with Gasteiger partial charge in [-0.2, -0.15) is 5.10 Å². The molecule has 0 spiro atoms. The smallest absolute Gasteiger partial charge is 0.262 e. The van der Waals surface area contributed by atoms with Crippen LogP contribution in [0.4, 0.5) is 14.5 Å². The maximum atomic E-state index is 13.3. The number of aromatic nitrogens is 4. The number of rotatable bonds is 6. The van der Waals surface area contributed by atoms with E-state index in [1.54, 1.807) is 16.8 Å². The molecule has 0 saturated carbocycles. The Labute approximate surface area is 182 Å². The Morgan fingerprint density at radius 2 is 1.59 bits per heavy atom. The molecule has 2 aromatic carbocycles. The highest BCUT2D eigenvalue weighted by molar-refractivity contribution is 7.92. The first-order valence-corrected chi connectivity index (χ1v) is 10.8. The van der Waals surface area contributed by atoms with Crippen LogP contribution in [-0.4, -0.2) is 28.4 Å². The molecule has 1 N–H and O–H groups in total. The summed E-state index contributed by atoms with van der Waals surface area (Å²) in [5, 5.41) is 12.5. The molecule has 0 atom stereocenters. The van der Waals surface area contributed by atoms with Crippen LogP contribution in [0.1, 0.15) is 11.4 Å². The van der Waals surface area contributed by atoms with Crippen molar-refractivity contribution in [3.05, 3.63) is 83.7 Å². The van der Waals surface area contributed by atoms with Crippen molar-refractivity contribution in [3.8, 4) is 17.4 Å². The third-order valence-corrected chi connectivity index (χ3v) is 5.69. The van der Waals surface area contributed by atoms with Crippen LogP contribution in [0.2, 0.25) is 0 Å². The summed E-state index contributed by atoms with van der Waals surface area (Å²) in [6.07, 6.45) is 0. The molecule has 0 amide bonds. The number of hydrogen-bond acceptors (Lipinski definition) is 6. The van der Waals surface area contributed by atoms with Crippen molar-refractivity contribution in [2.75, 3.05) is 4.72 Å². The highest BCUT2D eigenvalue weighted by Crippen LogP contribution is 2.24. The van der Waals surface area contributed by atoms with Crippen LogP contribution in [0.25, 0.3) is 5.82 Å². The van der Waals surface area contributed by atoms with Crippen LogP contribution in [0, 0.1) is 25.5 Å². The zero-order chi connectivity index (χ0) is 22.9. The lowest BCUT2D eigenvalue weighted by Crippen LogP contribution is -2.13. The van der Waals surface area contributed by atoms with E-state index in [-0.39, 0.29) is 11.6 Å². The molecule has 8 nitrogen and oxygen atoms in total. The van der Waals surface area contributed by atoms with Crippen molar-refractivity contribution in [2.45, 2.75) is 18.7 Å². The number of anilines is 1. The van der Waals surface area contributed by atoms with Crippen molar-refractivity contribution in [1.29, 1.82) is 0 Å². The van der Waals surface area contributed by atoms with Crippen molar-refractivity contribution < 1.29 is 21.9 Å². The van der Waals surface area contributed by atoms with E-state index in [1.165, 1.54) is 24.3 Å². The lowest BCUT2D eigenvalue weighted by Gasteiger charge is -2.10. The van der Waals surface area contributed by atoms with E-state index in [1.807, 2.05) is 19.9 Å².